The Morgan fingerprint density at radius 1 is 1.23 bits per heavy atom. The van der Waals surface area contributed by atoms with Gasteiger partial charge in [0.05, 0.1) is 37.7 Å². The molecule has 0 radical (unpaired) electrons. The van der Waals surface area contributed by atoms with Crippen LogP contribution in [0.25, 0.3) is 0 Å². The zero-order valence-corrected chi connectivity index (χ0v) is 20.8. The number of allylic oxidation sites excluding steroid dienone is 2. The number of carbonyl (C=O) groups is 2. The highest BCUT2D eigenvalue weighted by molar-refractivity contribution is 5.77. The van der Waals surface area contributed by atoms with Crippen LogP contribution in [0.2, 0.25) is 0 Å². The van der Waals surface area contributed by atoms with E-state index < -0.39 is 43.9 Å². The van der Waals surface area contributed by atoms with Gasteiger partial charge in [0.2, 0.25) is 11.8 Å². The average molecular weight is 503 g/mol. The SMILES string of the molecule is C=C/C=C/OC[C@@H]1C[C@@H](O)CN1C(=O)CCCCCOC(OC(CO)[C@@H](C)O)[C@H](CO)NC(C)=O. The second-order valence-electron chi connectivity index (χ2n) is 8.62. The summed E-state index contributed by atoms with van der Waals surface area (Å²) in [5.41, 5.74) is 0. The zero-order chi connectivity index (χ0) is 26.2. The smallest absolute Gasteiger partial charge is 0.223 e. The van der Waals surface area contributed by atoms with Crippen LogP contribution in [0, 0.1) is 0 Å². The van der Waals surface area contributed by atoms with Crippen LogP contribution in [-0.2, 0) is 23.8 Å². The molecule has 2 amide bonds. The second-order valence-corrected chi connectivity index (χ2v) is 8.62. The second kappa shape index (κ2) is 17.4. The highest BCUT2D eigenvalue weighted by Gasteiger charge is 2.34. The minimum absolute atomic E-state index is 0.0429. The summed E-state index contributed by atoms with van der Waals surface area (Å²) < 4.78 is 16.7. The number of nitrogens with zero attached hydrogens (tertiary/aromatic N) is 1. The van der Waals surface area contributed by atoms with Gasteiger partial charge in [-0.2, -0.15) is 0 Å². The first kappa shape index (κ1) is 31.0. The van der Waals surface area contributed by atoms with Crippen molar-refractivity contribution < 1.29 is 44.2 Å². The molecule has 1 heterocycles. The molecule has 202 valence electrons. The molecular weight excluding hydrogens is 460 g/mol. The number of amides is 2. The molecule has 35 heavy (non-hydrogen) atoms. The van der Waals surface area contributed by atoms with E-state index in [-0.39, 0.29) is 24.5 Å². The Hall–Kier alpha value is -2.02. The van der Waals surface area contributed by atoms with E-state index in [2.05, 4.69) is 11.9 Å². The van der Waals surface area contributed by atoms with Crippen molar-refractivity contribution >= 4 is 11.8 Å². The number of carbonyl (C=O) groups excluding carboxylic acids is 2. The van der Waals surface area contributed by atoms with Crippen LogP contribution >= 0.6 is 0 Å². The number of nitrogens with one attached hydrogen (secondary N) is 1. The largest absolute Gasteiger partial charge is 0.499 e. The molecule has 5 N–H and O–H groups in total. The fraction of sp³-hybridized carbons (Fsp3) is 0.750. The number of likely N-dealkylation sites (tertiary alicyclic amines) is 1. The molecular formula is C24H42N2O9. The minimum Gasteiger partial charge on any atom is -0.499 e. The van der Waals surface area contributed by atoms with Crippen LogP contribution in [0.1, 0.15) is 46.0 Å². The normalized spacial score (nSPS) is 21.5. The van der Waals surface area contributed by atoms with Crippen molar-refractivity contribution in [3.63, 3.8) is 0 Å². The Morgan fingerprint density at radius 3 is 2.57 bits per heavy atom. The van der Waals surface area contributed by atoms with Crippen molar-refractivity contribution in [2.75, 3.05) is 33.0 Å². The van der Waals surface area contributed by atoms with Crippen molar-refractivity contribution in [1.82, 2.24) is 10.2 Å². The molecule has 6 atom stereocenters. The van der Waals surface area contributed by atoms with Gasteiger partial charge in [-0.15, -0.1) is 0 Å². The van der Waals surface area contributed by atoms with Crippen LogP contribution in [-0.4, -0.2) is 107 Å². The lowest BCUT2D eigenvalue weighted by Crippen LogP contribution is -2.50. The summed E-state index contributed by atoms with van der Waals surface area (Å²) in [6, 6.07) is -1.05. The van der Waals surface area contributed by atoms with Gasteiger partial charge >= 0.3 is 0 Å². The quantitative estimate of drug-likeness (QED) is 0.0742. The monoisotopic (exact) mass is 502 g/mol. The Bertz CT molecular complexity index is 659. The number of rotatable bonds is 18. The third-order valence-electron chi connectivity index (χ3n) is 5.57. The number of unbranched alkanes of at least 4 members (excludes halogenated alkanes) is 2. The van der Waals surface area contributed by atoms with Crippen molar-refractivity contribution in [2.45, 2.75) is 82.6 Å². The highest BCUT2D eigenvalue weighted by atomic mass is 16.7. The number of hydrogen-bond donors (Lipinski definition) is 5. The van der Waals surface area contributed by atoms with Crippen LogP contribution < -0.4 is 5.32 Å². The standard InChI is InChI=1S/C24H42N2O9/c1-4-5-10-33-16-19-12-20(31)13-26(19)23(32)9-7-6-8-11-34-24(21(14-27)25-18(3)30)35-22(15-28)17(2)29/h4-5,10,17,19-22,24,27-29,31H,1,6-9,11-16H2,2-3H3,(H,25,30)/b10-5+/t17-,19+,20-,21+,22?,24?/m1/s1. The Morgan fingerprint density at radius 2 is 1.97 bits per heavy atom. The van der Waals surface area contributed by atoms with Gasteiger partial charge in [-0.05, 0) is 32.3 Å². The van der Waals surface area contributed by atoms with Crippen LogP contribution in [0.4, 0.5) is 0 Å². The Kier molecular flexibility index (Phi) is 15.4. The highest BCUT2D eigenvalue weighted by Crippen LogP contribution is 2.20. The van der Waals surface area contributed by atoms with E-state index in [1.165, 1.54) is 20.1 Å². The molecule has 0 aromatic rings. The molecule has 11 nitrogen and oxygen atoms in total. The summed E-state index contributed by atoms with van der Waals surface area (Å²) in [6.45, 7) is 6.23. The van der Waals surface area contributed by atoms with Gasteiger partial charge in [0, 0.05) is 26.5 Å². The molecule has 0 bridgehead atoms. The Balaban J connectivity index is 2.47. The maximum Gasteiger partial charge on any atom is 0.223 e. The molecule has 1 aliphatic heterocycles. The first-order valence-corrected chi connectivity index (χ1v) is 12.0. The Labute approximate surface area is 207 Å². The number of hydrogen-bond acceptors (Lipinski definition) is 9. The van der Waals surface area contributed by atoms with Gasteiger partial charge in [-0.3, -0.25) is 9.59 Å². The summed E-state index contributed by atoms with van der Waals surface area (Å²) in [5, 5.41) is 41.3. The van der Waals surface area contributed by atoms with E-state index in [0.717, 1.165) is 0 Å². The summed E-state index contributed by atoms with van der Waals surface area (Å²) in [5.74, 6) is -0.427. The lowest BCUT2D eigenvalue weighted by Gasteiger charge is -2.30. The predicted octanol–water partition coefficient (Wildman–Crippen LogP) is -0.177. The molecule has 0 aliphatic carbocycles. The fourth-order valence-corrected chi connectivity index (χ4v) is 3.72. The van der Waals surface area contributed by atoms with Gasteiger partial charge in [0.1, 0.15) is 18.8 Å². The third kappa shape index (κ3) is 12.0. The first-order valence-electron chi connectivity index (χ1n) is 12.0. The number of ether oxygens (including phenoxy) is 3. The van der Waals surface area contributed by atoms with Crippen molar-refractivity contribution in [2.24, 2.45) is 0 Å². The van der Waals surface area contributed by atoms with Gasteiger partial charge in [-0.25, -0.2) is 0 Å². The topological polar surface area (TPSA) is 158 Å². The lowest BCUT2D eigenvalue weighted by molar-refractivity contribution is -0.214. The summed E-state index contributed by atoms with van der Waals surface area (Å²) >= 11 is 0. The van der Waals surface area contributed by atoms with Gasteiger partial charge in [-0.1, -0.05) is 19.1 Å². The predicted molar refractivity (Wildman–Crippen MR) is 128 cm³/mol. The molecule has 1 saturated heterocycles. The number of aliphatic hydroxyl groups excluding tert-OH is 4. The van der Waals surface area contributed by atoms with Gasteiger partial charge in [0.25, 0.3) is 0 Å². The molecule has 0 aromatic carbocycles. The maximum absolute atomic E-state index is 12.6. The molecule has 1 fully saturated rings. The van der Waals surface area contributed by atoms with E-state index in [9.17, 15) is 30.0 Å². The summed E-state index contributed by atoms with van der Waals surface area (Å²) in [4.78, 5) is 25.7. The fourth-order valence-electron chi connectivity index (χ4n) is 3.72. The molecule has 0 spiro atoms. The van der Waals surface area contributed by atoms with Crippen LogP contribution in [0.5, 0.6) is 0 Å². The van der Waals surface area contributed by atoms with E-state index in [1.807, 2.05) is 0 Å². The maximum atomic E-state index is 12.6. The summed E-state index contributed by atoms with van der Waals surface area (Å²) in [7, 11) is 0. The van der Waals surface area contributed by atoms with E-state index >= 15 is 0 Å². The third-order valence-corrected chi connectivity index (χ3v) is 5.57. The number of β-amino-alcohol motifs (C(OH)–C–C–N with tert-alkyl or cyclic N) is 1. The van der Waals surface area contributed by atoms with Crippen LogP contribution in [0.15, 0.2) is 25.0 Å². The van der Waals surface area contributed by atoms with E-state index in [1.54, 1.807) is 17.1 Å². The lowest BCUT2D eigenvalue weighted by atomic mass is 10.1. The molecule has 11 heteroatoms. The van der Waals surface area contributed by atoms with Gasteiger partial charge < -0.3 is 44.9 Å². The van der Waals surface area contributed by atoms with E-state index in [0.29, 0.717) is 45.3 Å². The van der Waals surface area contributed by atoms with Crippen molar-refractivity contribution in [3.8, 4) is 0 Å². The average Bonchev–Trinajstić information content (AvgIpc) is 3.19. The van der Waals surface area contributed by atoms with Crippen molar-refractivity contribution in [3.05, 3.63) is 25.0 Å². The molecule has 0 aromatic heterocycles. The first-order chi connectivity index (χ1) is 16.7. The molecule has 1 rings (SSSR count). The van der Waals surface area contributed by atoms with Crippen LogP contribution in [0.3, 0.4) is 0 Å². The van der Waals surface area contributed by atoms with Crippen molar-refractivity contribution in [1.29, 1.82) is 0 Å². The number of aliphatic hydroxyl groups is 4. The van der Waals surface area contributed by atoms with Gasteiger partial charge in [0.15, 0.2) is 6.29 Å². The minimum atomic E-state index is -1.07. The molecule has 2 unspecified atom stereocenters. The molecule has 0 saturated carbocycles. The molecule has 1 aliphatic rings. The zero-order valence-electron chi connectivity index (χ0n) is 20.8. The van der Waals surface area contributed by atoms with E-state index in [4.69, 9.17) is 14.2 Å². The summed E-state index contributed by atoms with van der Waals surface area (Å²) in [6.07, 6.45) is 3.89.